The van der Waals surface area contributed by atoms with Gasteiger partial charge in [0.05, 0.1) is 19.3 Å². The standard InChI is InChI=1S/C29H29ClN2O3S/c1-28(2,3)21-9-5-19(6-10-21)18-31-25-14-13-23(35-4)17-24(25)29(27(31)34)32(15-16-36-29)26(33)20-7-11-22(30)12-8-20/h5-14,17H,15-16,18H2,1-4H3. The minimum atomic E-state index is -1.13. The van der Waals surface area contributed by atoms with E-state index in [0.29, 0.717) is 35.2 Å². The van der Waals surface area contributed by atoms with E-state index < -0.39 is 4.87 Å². The van der Waals surface area contributed by atoms with Gasteiger partial charge < -0.3 is 14.5 Å². The van der Waals surface area contributed by atoms with Gasteiger partial charge in [0.25, 0.3) is 11.8 Å². The molecule has 2 aliphatic rings. The zero-order chi connectivity index (χ0) is 25.7. The number of benzene rings is 3. The number of nitrogens with zero attached hydrogens (tertiary/aromatic N) is 2. The number of fused-ring (bicyclic) bond motifs is 2. The Morgan fingerprint density at radius 3 is 2.39 bits per heavy atom. The van der Waals surface area contributed by atoms with Crippen molar-refractivity contribution in [2.24, 2.45) is 0 Å². The predicted molar refractivity (Wildman–Crippen MR) is 146 cm³/mol. The van der Waals surface area contributed by atoms with Gasteiger partial charge in [-0.05, 0) is 59.0 Å². The molecule has 7 heteroatoms. The average molecular weight is 521 g/mol. The summed E-state index contributed by atoms with van der Waals surface area (Å²) in [5.41, 5.74) is 4.44. The highest BCUT2D eigenvalue weighted by atomic mass is 35.5. The van der Waals surface area contributed by atoms with Crippen molar-refractivity contribution in [2.45, 2.75) is 37.6 Å². The topological polar surface area (TPSA) is 49.9 Å². The van der Waals surface area contributed by atoms with Gasteiger partial charge in [0.15, 0.2) is 4.87 Å². The highest BCUT2D eigenvalue weighted by Crippen LogP contribution is 2.55. The van der Waals surface area contributed by atoms with E-state index in [1.807, 2.05) is 18.2 Å². The van der Waals surface area contributed by atoms with Gasteiger partial charge in [0.2, 0.25) is 0 Å². The minimum absolute atomic E-state index is 0.0538. The predicted octanol–water partition coefficient (Wildman–Crippen LogP) is 6.23. The Hall–Kier alpha value is -2.96. The third kappa shape index (κ3) is 4.06. The van der Waals surface area contributed by atoms with Crippen molar-refractivity contribution >= 4 is 40.9 Å². The molecule has 36 heavy (non-hydrogen) atoms. The van der Waals surface area contributed by atoms with Crippen LogP contribution in [0.1, 0.15) is 47.8 Å². The smallest absolute Gasteiger partial charge is 0.268 e. The number of methoxy groups -OCH3 is 1. The Morgan fingerprint density at radius 2 is 1.75 bits per heavy atom. The molecule has 0 aliphatic carbocycles. The largest absolute Gasteiger partial charge is 0.497 e. The molecule has 0 aromatic heterocycles. The summed E-state index contributed by atoms with van der Waals surface area (Å²) in [7, 11) is 1.61. The van der Waals surface area contributed by atoms with Crippen LogP contribution in [0.25, 0.3) is 0 Å². The first kappa shape index (κ1) is 24.7. The van der Waals surface area contributed by atoms with Gasteiger partial charge >= 0.3 is 0 Å². The number of hydrogen-bond donors (Lipinski definition) is 0. The Balaban J connectivity index is 1.55. The van der Waals surface area contributed by atoms with E-state index >= 15 is 0 Å². The quantitative estimate of drug-likeness (QED) is 0.409. The Kier molecular flexibility index (Phi) is 6.29. The lowest BCUT2D eigenvalue weighted by atomic mass is 9.87. The van der Waals surface area contributed by atoms with Crippen LogP contribution in [0.15, 0.2) is 66.7 Å². The lowest BCUT2D eigenvalue weighted by Gasteiger charge is -2.33. The lowest BCUT2D eigenvalue weighted by Crippen LogP contribution is -2.50. The van der Waals surface area contributed by atoms with Crippen molar-refractivity contribution in [2.75, 3.05) is 24.3 Å². The normalized spacial score (nSPS) is 19.2. The molecule has 0 bridgehead atoms. The van der Waals surface area contributed by atoms with Crippen molar-refractivity contribution in [3.8, 4) is 5.75 Å². The summed E-state index contributed by atoms with van der Waals surface area (Å²) in [4.78, 5) is 30.3. The number of carbonyl (C=O) groups is 2. The fourth-order valence-electron chi connectivity index (χ4n) is 4.92. The molecule has 1 atom stereocenters. The molecule has 1 unspecified atom stereocenters. The molecular formula is C29H29ClN2O3S. The van der Waals surface area contributed by atoms with Crippen LogP contribution >= 0.6 is 23.4 Å². The number of amides is 2. The first-order valence-electron chi connectivity index (χ1n) is 12.0. The summed E-state index contributed by atoms with van der Waals surface area (Å²) in [6, 6.07) is 20.9. The zero-order valence-electron chi connectivity index (χ0n) is 20.9. The molecule has 1 fully saturated rings. The maximum Gasteiger partial charge on any atom is 0.268 e. The summed E-state index contributed by atoms with van der Waals surface area (Å²) in [5, 5.41) is 0.563. The fraction of sp³-hybridized carbons (Fsp3) is 0.310. The van der Waals surface area contributed by atoms with Crippen LogP contribution in [0.4, 0.5) is 5.69 Å². The molecule has 0 radical (unpaired) electrons. The van der Waals surface area contributed by atoms with Crippen molar-refractivity contribution < 1.29 is 14.3 Å². The lowest BCUT2D eigenvalue weighted by molar-refractivity contribution is -0.123. The third-order valence-corrected chi connectivity index (χ3v) is 8.57. The summed E-state index contributed by atoms with van der Waals surface area (Å²) < 4.78 is 5.51. The van der Waals surface area contributed by atoms with E-state index in [1.165, 1.54) is 17.3 Å². The molecule has 0 saturated carbocycles. The maximum absolute atomic E-state index is 14.3. The number of carbonyl (C=O) groups excluding carboxylic acids is 2. The summed E-state index contributed by atoms with van der Waals surface area (Å²) in [5.74, 6) is 1.03. The minimum Gasteiger partial charge on any atom is -0.497 e. The third-order valence-electron chi connectivity index (χ3n) is 6.90. The van der Waals surface area contributed by atoms with Crippen molar-refractivity contribution in [3.63, 3.8) is 0 Å². The van der Waals surface area contributed by atoms with E-state index in [2.05, 4.69) is 45.0 Å². The molecule has 3 aromatic rings. The molecule has 0 N–H and O–H groups in total. The van der Waals surface area contributed by atoms with Crippen LogP contribution in [0.3, 0.4) is 0 Å². The summed E-state index contributed by atoms with van der Waals surface area (Å²) in [6.45, 7) is 7.45. The monoisotopic (exact) mass is 520 g/mol. The van der Waals surface area contributed by atoms with Gasteiger partial charge in [-0.25, -0.2) is 0 Å². The maximum atomic E-state index is 14.3. The van der Waals surface area contributed by atoms with Crippen LogP contribution in [0.2, 0.25) is 5.02 Å². The van der Waals surface area contributed by atoms with Crippen LogP contribution in [-0.2, 0) is 21.6 Å². The molecule has 2 aliphatic heterocycles. The van der Waals surface area contributed by atoms with Gasteiger partial charge in [-0.3, -0.25) is 9.59 Å². The summed E-state index contributed by atoms with van der Waals surface area (Å²) >= 11 is 7.56. The van der Waals surface area contributed by atoms with E-state index in [0.717, 1.165) is 16.8 Å². The number of hydrogen-bond acceptors (Lipinski definition) is 4. The van der Waals surface area contributed by atoms with Gasteiger partial charge in [-0.1, -0.05) is 56.6 Å². The second-order valence-electron chi connectivity index (χ2n) is 10.2. The number of anilines is 1. The molecule has 186 valence electrons. The Morgan fingerprint density at radius 1 is 1.06 bits per heavy atom. The van der Waals surface area contributed by atoms with E-state index in [-0.39, 0.29) is 17.2 Å². The van der Waals surface area contributed by atoms with Crippen molar-refractivity contribution in [1.82, 2.24) is 4.90 Å². The highest BCUT2D eigenvalue weighted by molar-refractivity contribution is 8.01. The Labute approximate surface area is 221 Å². The first-order chi connectivity index (χ1) is 17.1. The zero-order valence-corrected chi connectivity index (χ0v) is 22.4. The number of thioether (sulfide) groups is 1. The molecule has 2 amide bonds. The van der Waals surface area contributed by atoms with Gasteiger partial charge in [-0.2, -0.15) is 0 Å². The molecular weight excluding hydrogens is 492 g/mol. The molecule has 1 spiro atoms. The van der Waals surface area contributed by atoms with Crippen LogP contribution in [0.5, 0.6) is 5.75 Å². The summed E-state index contributed by atoms with van der Waals surface area (Å²) in [6.07, 6.45) is 0. The average Bonchev–Trinajstić information content (AvgIpc) is 3.40. The molecule has 2 heterocycles. The van der Waals surface area contributed by atoms with Crippen LogP contribution in [0, 0.1) is 0 Å². The van der Waals surface area contributed by atoms with Gasteiger partial charge in [0.1, 0.15) is 5.75 Å². The number of ether oxygens (including phenoxy) is 1. The highest BCUT2D eigenvalue weighted by Gasteiger charge is 2.59. The molecule has 1 saturated heterocycles. The van der Waals surface area contributed by atoms with E-state index in [1.54, 1.807) is 41.2 Å². The second-order valence-corrected chi connectivity index (χ2v) is 11.9. The van der Waals surface area contributed by atoms with E-state index in [4.69, 9.17) is 16.3 Å². The number of rotatable bonds is 4. The van der Waals surface area contributed by atoms with E-state index in [9.17, 15) is 9.59 Å². The first-order valence-corrected chi connectivity index (χ1v) is 13.3. The fourth-order valence-corrected chi connectivity index (χ4v) is 6.50. The van der Waals surface area contributed by atoms with Crippen molar-refractivity contribution in [1.29, 1.82) is 0 Å². The van der Waals surface area contributed by atoms with Crippen LogP contribution < -0.4 is 9.64 Å². The van der Waals surface area contributed by atoms with Crippen molar-refractivity contribution in [3.05, 3.63) is 94.0 Å². The number of halogens is 1. The van der Waals surface area contributed by atoms with Gasteiger partial charge in [0, 0.05) is 28.4 Å². The Bertz CT molecular complexity index is 1320. The SMILES string of the molecule is COc1ccc2c(c1)C1(SCCN1C(=O)c1ccc(Cl)cc1)C(=O)N2Cc1ccc(C(C)(C)C)cc1. The molecule has 5 rings (SSSR count). The molecule has 3 aromatic carbocycles. The van der Waals surface area contributed by atoms with Gasteiger partial charge in [-0.15, -0.1) is 11.8 Å². The van der Waals surface area contributed by atoms with Crippen LogP contribution in [-0.4, -0.2) is 36.1 Å². The second kappa shape index (κ2) is 9.16. The molecule has 5 nitrogen and oxygen atoms in total.